The van der Waals surface area contributed by atoms with Gasteiger partial charge in [0.05, 0.1) is 24.1 Å². The van der Waals surface area contributed by atoms with E-state index in [2.05, 4.69) is 20.3 Å². The Hall–Kier alpha value is -3.29. The van der Waals surface area contributed by atoms with Crippen LogP contribution in [0.25, 0.3) is 5.69 Å². The summed E-state index contributed by atoms with van der Waals surface area (Å²) in [4.78, 5) is 24.1. The Bertz CT molecular complexity index is 1030. The van der Waals surface area contributed by atoms with Crippen molar-refractivity contribution in [3.8, 4) is 11.6 Å². The first kappa shape index (κ1) is 17.8. The SMILES string of the molecule is Cc1ccc(OC2CC3CC2N(C(=O)c2ncc(C)cc2-n2ccnn2)C3)nc1. The first-order valence-corrected chi connectivity index (χ1v) is 9.82. The van der Waals surface area contributed by atoms with Crippen LogP contribution in [0.3, 0.4) is 0 Å². The van der Waals surface area contributed by atoms with Crippen LogP contribution in [0.15, 0.2) is 43.0 Å². The number of ether oxygens (including phenoxy) is 1. The highest BCUT2D eigenvalue weighted by Gasteiger charge is 2.49. The highest BCUT2D eigenvalue weighted by molar-refractivity contribution is 5.96. The molecule has 1 aliphatic carbocycles. The van der Waals surface area contributed by atoms with Crippen molar-refractivity contribution >= 4 is 5.91 Å². The molecule has 2 fully saturated rings. The maximum absolute atomic E-state index is 13.4. The van der Waals surface area contributed by atoms with E-state index in [1.807, 2.05) is 36.9 Å². The lowest BCUT2D eigenvalue weighted by molar-refractivity contribution is 0.0461. The zero-order chi connectivity index (χ0) is 20.0. The van der Waals surface area contributed by atoms with Crippen LogP contribution >= 0.6 is 0 Å². The number of hydrogen-bond donors (Lipinski definition) is 0. The Balaban J connectivity index is 1.40. The van der Waals surface area contributed by atoms with Crippen molar-refractivity contribution in [2.45, 2.75) is 38.8 Å². The van der Waals surface area contributed by atoms with Crippen molar-refractivity contribution in [3.63, 3.8) is 0 Å². The number of piperidine rings is 1. The van der Waals surface area contributed by atoms with Crippen LogP contribution in [-0.2, 0) is 0 Å². The quantitative estimate of drug-likeness (QED) is 0.680. The fourth-order valence-corrected chi connectivity index (χ4v) is 4.37. The van der Waals surface area contributed by atoms with Gasteiger partial charge in [0.1, 0.15) is 6.10 Å². The van der Waals surface area contributed by atoms with Gasteiger partial charge in [-0.1, -0.05) is 11.3 Å². The fraction of sp³-hybridized carbons (Fsp3) is 0.381. The number of nitrogens with zero attached hydrogens (tertiary/aromatic N) is 6. The molecule has 8 heteroatoms. The number of aromatic nitrogens is 5. The number of aryl methyl sites for hydroxylation is 2. The van der Waals surface area contributed by atoms with Crippen LogP contribution in [0.5, 0.6) is 5.88 Å². The van der Waals surface area contributed by atoms with Crippen molar-refractivity contribution in [1.29, 1.82) is 0 Å². The minimum atomic E-state index is -0.0897. The van der Waals surface area contributed by atoms with E-state index in [1.54, 1.807) is 29.5 Å². The third-order valence-corrected chi connectivity index (χ3v) is 5.72. The van der Waals surface area contributed by atoms with Gasteiger partial charge in [-0.15, -0.1) is 5.10 Å². The molecule has 2 aliphatic rings. The van der Waals surface area contributed by atoms with Crippen LogP contribution in [0.1, 0.15) is 34.5 Å². The van der Waals surface area contributed by atoms with Gasteiger partial charge in [-0.2, -0.15) is 0 Å². The van der Waals surface area contributed by atoms with Gasteiger partial charge in [0.2, 0.25) is 5.88 Å². The van der Waals surface area contributed by atoms with Crippen molar-refractivity contribution in [2.24, 2.45) is 5.92 Å². The number of amides is 1. The second kappa shape index (κ2) is 6.95. The molecular formula is C21H22N6O2. The van der Waals surface area contributed by atoms with Crippen LogP contribution < -0.4 is 4.74 Å². The molecule has 3 unspecified atom stereocenters. The molecule has 0 spiro atoms. The molecule has 2 bridgehead atoms. The molecule has 4 heterocycles. The maximum Gasteiger partial charge on any atom is 0.275 e. The molecule has 148 valence electrons. The third kappa shape index (κ3) is 3.24. The first-order valence-electron chi connectivity index (χ1n) is 9.82. The maximum atomic E-state index is 13.4. The van der Waals surface area contributed by atoms with Crippen molar-refractivity contribution < 1.29 is 9.53 Å². The monoisotopic (exact) mass is 390 g/mol. The molecule has 1 amide bonds. The van der Waals surface area contributed by atoms with E-state index in [0.717, 1.165) is 30.5 Å². The summed E-state index contributed by atoms with van der Waals surface area (Å²) in [7, 11) is 0. The topological polar surface area (TPSA) is 86.0 Å². The molecule has 5 rings (SSSR count). The molecule has 1 saturated carbocycles. The van der Waals surface area contributed by atoms with Crippen LogP contribution in [0.2, 0.25) is 0 Å². The predicted molar refractivity (Wildman–Crippen MR) is 105 cm³/mol. The molecule has 8 nitrogen and oxygen atoms in total. The Morgan fingerprint density at radius 1 is 1.14 bits per heavy atom. The normalized spacial score (nSPS) is 22.8. The Kier molecular flexibility index (Phi) is 4.26. The standard InChI is InChI=1S/C21H22N6O2/c1-13-3-4-19(22-10-13)29-18-9-15-8-16(18)26(12-15)21(28)20-17(7-14(2)11-23-20)27-6-5-24-25-27/h3-7,10-11,15-16,18H,8-9,12H2,1-2H3. The second-order valence-corrected chi connectivity index (χ2v) is 7.92. The first-order chi connectivity index (χ1) is 14.1. The summed E-state index contributed by atoms with van der Waals surface area (Å²) in [5.74, 6) is 0.963. The van der Waals surface area contributed by atoms with Crippen LogP contribution in [-0.4, -0.2) is 54.5 Å². The van der Waals surface area contributed by atoms with Crippen molar-refractivity contribution in [1.82, 2.24) is 29.9 Å². The second-order valence-electron chi connectivity index (χ2n) is 7.92. The van der Waals surface area contributed by atoms with Gasteiger partial charge in [0.25, 0.3) is 5.91 Å². The van der Waals surface area contributed by atoms with E-state index < -0.39 is 0 Å². The average molecular weight is 390 g/mol. The van der Waals surface area contributed by atoms with E-state index in [9.17, 15) is 4.79 Å². The predicted octanol–water partition coefficient (Wildman–Crippen LogP) is 2.36. The Labute approximate surface area is 168 Å². The van der Waals surface area contributed by atoms with Crippen molar-refractivity contribution in [2.75, 3.05) is 6.54 Å². The summed E-state index contributed by atoms with van der Waals surface area (Å²) >= 11 is 0. The van der Waals surface area contributed by atoms with Gasteiger partial charge < -0.3 is 9.64 Å². The molecule has 1 saturated heterocycles. The molecule has 0 N–H and O–H groups in total. The largest absolute Gasteiger partial charge is 0.472 e. The molecule has 29 heavy (non-hydrogen) atoms. The summed E-state index contributed by atoms with van der Waals surface area (Å²) in [6.45, 7) is 4.67. The third-order valence-electron chi connectivity index (χ3n) is 5.72. The van der Waals surface area contributed by atoms with Crippen LogP contribution in [0.4, 0.5) is 0 Å². The summed E-state index contributed by atoms with van der Waals surface area (Å²) < 4.78 is 7.74. The minimum absolute atomic E-state index is 0.0299. The Morgan fingerprint density at radius 2 is 2.00 bits per heavy atom. The highest BCUT2D eigenvalue weighted by Crippen LogP contribution is 2.40. The lowest BCUT2D eigenvalue weighted by atomic mass is 10.1. The van der Waals surface area contributed by atoms with Gasteiger partial charge >= 0.3 is 0 Å². The smallest absolute Gasteiger partial charge is 0.275 e. The number of fused-ring (bicyclic) bond motifs is 2. The molecule has 0 aromatic carbocycles. The molecule has 3 atom stereocenters. The van der Waals surface area contributed by atoms with E-state index in [-0.39, 0.29) is 18.1 Å². The molecule has 1 aliphatic heterocycles. The van der Waals surface area contributed by atoms with E-state index in [1.165, 1.54) is 0 Å². The van der Waals surface area contributed by atoms with E-state index in [4.69, 9.17) is 4.74 Å². The molecule has 3 aromatic heterocycles. The van der Waals surface area contributed by atoms with Gasteiger partial charge in [0, 0.05) is 25.0 Å². The summed E-state index contributed by atoms with van der Waals surface area (Å²) in [6, 6.07) is 5.81. The molecule has 0 radical (unpaired) electrons. The summed E-state index contributed by atoms with van der Waals surface area (Å²) in [5.41, 5.74) is 3.09. The van der Waals surface area contributed by atoms with Crippen LogP contribution in [0, 0.1) is 19.8 Å². The van der Waals surface area contributed by atoms with Gasteiger partial charge in [-0.3, -0.25) is 4.79 Å². The fourth-order valence-electron chi connectivity index (χ4n) is 4.37. The number of carbonyl (C=O) groups is 1. The van der Waals surface area contributed by atoms with Crippen molar-refractivity contribution in [3.05, 3.63) is 59.8 Å². The number of likely N-dealkylation sites (tertiary alicyclic amines) is 1. The number of carbonyl (C=O) groups excluding carboxylic acids is 1. The number of pyridine rings is 2. The van der Waals surface area contributed by atoms with E-state index >= 15 is 0 Å². The van der Waals surface area contributed by atoms with E-state index in [0.29, 0.717) is 23.2 Å². The van der Waals surface area contributed by atoms with Gasteiger partial charge in [-0.25, -0.2) is 14.6 Å². The lowest BCUT2D eigenvalue weighted by Crippen LogP contribution is -2.47. The Morgan fingerprint density at radius 3 is 2.72 bits per heavy atom. The van der Waals surface area contributed by atoms with Gasteiger partial charge in [-0.05, 0) is 49.8 Å². The summed E-state index contributed by atoms with van der Waals surface area (Å²) in [6.07, 6.45) is 8.67. The average Bonchev–Trinajstić information content (AvgIpc) is 3.46. The zero-order valence-corrected chi connectivity index (χ0v) is 16.4. The summed E-state index contributed by atoms with van der Waals surface area (Å²) in [5, 5.41) is 7.91. The number of rotatable bonds is 4. The van der Waals surface area contributed by atoms with Gasteiger partial charge in [0.15, 0.2) is 5.69 Å². The molecular weight excluding hydrogens is 368 g/mol. The molecule has 3 aromatic rings. The highest BCUT2D eigenvalue weighted by atomic mass is 16.5. The number of hydrogen-bond acceptors (Lipinski definition) is 6. The lowest BCUT2D eigenvalue weighted by Gasteiger charge is -2.33. The minimum Gasteiger partial charge on any atom is -0.472 e. The zero-order valence-electron chi connectivity index (χ0n) is 16.4.